The lowest BCUT2D eigenvalue weighted by atomic mass is 9.95. The molecule has 1 amide bonds. The second-order valence-electron chi connectivity index (χ2n) is 6.71. The lowest BCUT2D eigenvalue weighted by Gasteiger charge is -2.34. The summed E-state index contributed by atoms with van der Waals surface area (Å²) in [6, 6.07) is 6.07. The van der Waals surface area contributed by atoms with Gasteiger partial charge in [0.05, 0.1) is 6.61 Å². The monoisotopic (exact) mass is 332 g/mol. The first-order valence-corrected chi connectivity index (χ1v) is 8.34. The van der Waals surface area contributed by atoms with Crippen LogP contribution in [0.3, 0.4) is 0 Å². The van der Waals surface area contributed by atoms with Crippen molar-refractivity contribution < 1.29 is 19.4 Å². The van der Waals surface area contributed by atoms with E-state index in [4.69, 9.17) is 4.74 Å². The number of hydrogen-bond donors (Lipinski definition) is 1. The topological polar surface area (TPSA) is 70.1 Å². The number of ether oxygens (including phenoxy) is 1. The molecule has 3 rings (SSSR count). The Morgan fingerprint density at radius 1 is 1.38 bits per heavy atom. The summed E-state index contributed by atoms with van der Waals surface area (Å²) in [6.45, 7) is 1.54. The zero-order valence-electron chi connectivity index (χ0n) is 14.2. The number of amides is 1. The zero-order valence-corrected chi connectivity index (χ0v) is 14.2. The van der Waals surface area contributed by atoms with Gasteiger partial charge in [0.1, 0.15) is 5.54 Å². The van der Waals surface area contributed by atoms with Crippen molar-refractivity contribution in [2.75, 3.05) is 32.2 Å². The molecule has 0 aromatic heterocycles. The highest BCUT2D eigenvalue weighted by molar-refractivity contribution is 5.95. The molecule has 1 unspecified atom stereocenters. The van der Waals surface area contributed by atoms with Crippen molar-refractivity contribution in [2.24, 2.45) is 0 Å². The Bertz CT molecular complexity index is 660. The maximum Gasteiger partial charge on any atom is 0.326 e. The second kappa shape index (κ2) is 6.53. The van der Waals surface area contributed by atoms with Crippen molar-refractivity contribution >= 4 is 17.6 Å². The maximum atomic E-state index is 11.9. The Morgan fingerprint density at radius 3 is 2.88 bits per heavy atom. The van der Waals surface area contributed by atoms with Crippen molar-refractivity contribution in [1.82, 2.24) is 4.90 Å². The first-order valence-electron chi connectivity index (χ1n) is 8.34. The van der Waals surface area contributed by atoms with Crippen LogP contribution in [0.15, 0.2) is 18.2 Å². The average molecular weight is 332 g/mol. The molecule has 0 aliphatic carbocycles. The molecule has 0 bridgehead atoms. The van der Waals surface area contributed by atoms with E-state index in [2.05, 4.69) is 6.07 Å². The van der Waals surface area contributed by atoms with Crippen LogP contribution in [0.5, 0.6) is 0 Å². The fourth-order valence-electron chi connectivity index (χ4n) is 3.90. The van der Waals surface area contributed by atoms with Crippen LogP contribution in [0.2, 0.25) is 0 Å². The van der Waals surface area contributed by atoms with Crippen LogP contribution in [-0.2, 0) is 27.3 Å². The fraction of sp³-hybridized carbons (Fsp3) is 0.556. The van der Waals surface area contributed by atoms with Crippen molar-refractivity contribution in [3.8, 4) is 0 Å². The minimum Gasteiger partial charge on any atom is -0.480 e. The predicted octanol–water partition coefficient (Wildman–Crippen LogP) is 1.66. The number of carbonyl (C=O) groups excluding carboxylic acids is 1. The zero-order chi connectivity index (χ0) is 17.3. The molecular weight excluding hydrogens is 308 g/mol. The summed E-state index contributed by atoms with van der Waals surface area (Å²) in [6.07, 6.45) is 2.74. The van der Waals surface area contributed by atoms with Gasteiger partial charge in [-0.3, -0.25) is 14.5 Å². The highest BCUT2D eigenvalue weighted by atomic mass is 16.5. The van der Waals surface area contributed by atoms with Gasteiger partial charge in [-0.1, -0.05) is 12.1 Å². The number of hydrogen-bond acceptors (Lipinski definition) is 4. The van der Waals surface area contributed by atoms with Crippen LogP contribution < -0.4 is 4.90 Å². The van der Waals surface area contributed by atoms with Gasteiger partial charge in [-0.05, 0) is 43.0 Å². The molecule has 1 N–H and O–H groups in total. The smallest absolute Gasteiger partial charge is 0.326 e. The number of carbonyl (C=O) groups is 2. The molecule has 6 heteroatoms. The third-order valence-corrected chi connectivity index (χ3v) is 5.27. The molecule has 0 spiro atoms. The third-order valence-electron chi connectivity index (χ3n) is 5.27. The van der Waals surface area contributed by atoms with E-state index in [0.717, 1.165) is 36.2 Å². The Labute approximate surface area is 142 Å². The molecule has 1 aromatic rings. The Balaban J connectivity index is 1.83. The number of carboxylic acid groups (broad SMARTS) is 1. The molecule has 1 fully saturated rings. The van der Waals surface area contributed by atoms with E-state index in [-0.39, 0.29) is 12.5 Å². The number of carboxylic acids is 1. The number of likely N-dealkylation sites (tertiary alicyclic amines) is 1. The number of anilines is 1. The van der Waals surface area contributed by atoms with E-state index in [1.807, 2.05) is 17.0 Å². The predicted molar refractivity (Wildman–Crippen MR) is 90.1 cm³/mol. The summed E-state index contributed by atoms with van der Waals surface area (Å²) < 4.78 is 5.21. The van der Waals surface area contributed by atoms with Gasteiger partial charge in [-0.15, -0.1) is 0 Å². The number of fused-ring (bicyclic) bond motifs is 1. The highest BCUT2D eigenvalue weighted by Crippen LogP contribution is 2.33. The number of aryl methyl sites for hydroxylation is 1. The maximum absolute atomic E-state index is 11.9. The summed E-state index contributed by atoms with van der Waals surface area (Å²) in [5.41, 5.74) is 2.26. The molecule has 1 atom stereocenters. The van der Waals surface area contributed by atoms with Crippen LogP contribution in [0, 0.1) is 0 Å². The largest absolute Gasteiger partial charge is 0.480 e. The molecule has 0 saturated carbocycles. The molecule has 130 valence electrons. The van der Waals surface area contributed by atoms with Gasteiger partial charge in [0, 0.05) is 32.8 Å². The third kappa shape index (κ3) is 2.80. The lowest BCUT2D eigenvalue weighted by Crippen LogP contribution is -2.53. The van der Waals surface area contributed by atoms with E-state index < -0.39 is 11.5 Å². The van der Waals surface area contributed by atoms with E-state index in [0.29, 0.717) is 19.4 Å². The first-order chi connectivity index (χ1) is 11.5. The van der Waals surface area contributed by atoms with Crippen molar-refractivity contribution in [3.05, 3.63) is 29.3 Å². The Morgan fingerprint density at radius 2 is 2.17 bits per heavy atom. The van der Waals surface area contributed by atoms with Crippen molar-refractivity contribution in [3.63, 3.8) is 0 Å². The van der Waals surface area contributed by atoms with Gasteiger partial charge < -0.3 is 14.7 Å². The van der Waals surface area contributed by atoms with Crippen molar-refractivity contribution in [1.29, 1.82) is 0 Å². The highest BCUT2D eigenvalue weighted by Gasteiger charge is 2.47. The van der Waals surface area contributed by atoms with Crippen LogP contribution in [0.25, 0.3) is 0 Å². The van der Waals surface area contributed by atoms with Crippen LogP contribution >= 0.6 is 0 Å². The molecule has 1 saturated heterocycles. The average Bonchev–Trinajstić information content (AvgIpc) is 2.95. The van der Waals surface area contributed by atoms with Gasteiger partial charge in [0.15, 0.2) is 0 Å². The van der Waals surface area contributed by atoms with E-state index in [1.165, 1.54) is 0 Å². The van der Waals surface area contributed by atoms with Gasteiger partial charge in [-0.2, -0.15) is 0 Å². The number of benzene rings is 1. The molecule has 0 radical (unpaired) electrons. The Kier molecular flexibility index (Phi) is 4.60. The normalized spacial score (nSPS) is 24.2. The summed E-state index contributed by atoms with van der Waals surface area (Å²) in [7, 11) is 3.35. The number of nitrogens with zero attached hydrogens (tertiary/aromatic N) is 2. The minimum absolute atomic E-state index is 0.139. The van der Waals surface area contributed by atoms with E-state index in [9.17, 15) is 14.7 Å². The SMILES string of the molecule is COCC1(C(=O)O)CCCN1Cc1ccc2c(c1)CCC(=O)N2C. The number of aliphatic carboxylic acids is 1. The van der Waals surface area contributed by atoms with E-state index >= 15 is 0 Å². The second-order valence-corrected chi connectivity index (χ2v) is 6.71. The molecule has 6 nitrogen and oxygen atoms in total. The number of rotatable bonds is 5. The summed E-state index contributed by atoms with van der Waals surface area (Å²) in [4.78, 5) is 27.4. The van der Waals surface area contributed by atoms with Gasteiger partial charge in [0.25, 0.3) is 0 Å². The summed E-state index contributed by atoms with van der Waals surface area (Å²) >= 11 is 0. The first kappa shape index (κ1) is 16.9. The number of methoxy groups -OCH3 is 1. The van der Waals surface area contributed by atoms with Crippen LogP contribution in [0.4, 0.5) is 5.69 Å². The minimum atomic E-state index is -0.933. The standard InChI is InChI=1S/C18H24N2O4/c1-19-15-6-4-13(10-14(15)5-7-16(19)21)11-20-9-3-8-18(20,12-24-2)17(22)23/h4,6,10H,3,5,7-9,11-12H2,1-2H3,(H,22,23). The van der Waals surface area contributed by atoms with Crippen molar-refractivity contribution in [2.45, 2.75) is 37.8 Å². The molecule has 2 aliphatic heterocycles. The molecule has 1 aromatic carbocycles. The van der Waals surface area contributed by atoms with Crippen LogP contribution in [0.1, 0.15) is 30.4 Å². The van der Waals surface area contributed by atoms with Gasteiger partial charge >= 0.3 is 5.97 Å². The lowest BCUT2D eigenvalue weighted by molar-refractivity contribution is -0.153. The fourth-order valence-corrected chi connectivity index (χ4v) is 3.90. The van der Waals surface area contributed by atoms with Gasteiger partial charge in [-0.25, -0.2) is 0 Å². The Hall–Kier alpha value is -1.92. The summed E-state index contributed by atoms with van der Waals surface area (Å²) in [5.74, 6) is -0.676. The summed E-state index contributed by atoms with van der Waals surface area (Å²) in [5, 5.41) is 9.73. The molecular formula is C18H24N2O4. The molecule has 2 aliphatic rings. The molecule has 2 heterocycles. The van der Waals surface area contributed by atoms with Gasteiger partial charge in [0.2, 0.25) is 5.91 Å². The van der Waals surface area contributed by atoms with E-state index in [1.54, 1.807) is 19.1 Å². The molecule has 24 heavy (non-hydrogen) atoms. The van der Waals surface area contributed by atoms with Crippen LogP contribution in [-0.4, -0.2) is 54.7 Å². The quantitative estimate of drug-likeness (QED) is 0.888.